The van der Waals surface area contributed by atoms with Crippen LogP contribution in [0.25, 0.3) is 0 Å². The molecule has 0 radical (unpaired) electrons. The maximum atomic E-state index is 12.9. The molecule has 182 valence electrons. The van der Waals surface area contributed by atoms with E-state index in [0.717, 1.165) is 18.8 Å². The molecule has 2 aromatic carbocycles. The topological polar surface area (TPSA) is 65.4 Å². The summed E-state index contributed by atoms with van der Waals surface area (Å²) in [5.74, 6) is -0.493. The second-order valence-corrected chi connectivity index (χ2v) is 9.34. The van der Waals surface area contributed by atoms with Gasteiger partial charge < -0.3 is 14.7 Å². The van der Waals surface area contributed by atoms with Crippen molar-refractivity contribution in [3.8, 4) is 5.75 Å². The Morgan fingerprint density at radius 3 is 2.44 bits per heavy atom. The van der Waals surface area contributed by atoms with E-state index in [2.05, 4.69) is 24.0 Å². The first kappa shape index (κ1) is 24.8. The normalized spacial score (nSPS) is 19.4. The first-order valence-corrected chi connectivity index (χ1v) is 11.8. The van der Waals surface area contributed by atoms with Crippen molar-refractivity contribution in [2.75, 3.05) is 18.0 Å². The number of amides is 1. The number of nitrogens with zero attached hydrogens (tertiary/aromatic N) is 3. The van der Waals surface area contributed by atoms with Gasteiger partial charge in [-0.2, -0.15) is 5.10 Å². The van der Waals surface area contributed by atoms with Crippen LogP contribution in [0, 0.1) is 0 Å². The Bertz CT molecular complexity index is 1100. The van der Waals surface area contributed by atoms with Gasteiger partial charge in [-0.15, -0.1) is 13.2 Å². The quantitative estimate of drug-likeness (QED) is 0.573. The number of alkyl halides is 3. The third kappa shape index (κ3) is 5.48. The monoisotopic (exact) mass is 513 g/mol. The van der Waals surface area contributed by atoms with Crippen LogP contribution in [-0.4, -0.2) is 53.1 Å². The number of hydrogen-bond donors (Lipinski definition) is 1. The van der Waals surface area contributed by atoms with Crippen LogP contribution in [0.3, 0.4) is 0 Å². The van der Waals surface area contributed by atoms with Crippen LogP contribution in [0.4, 0.5) is 23.7 Å². The zero-order valence-electron chi connectivity index (χ0n) is 18.3. The van der Waals surface area contributed by atoms with E-state index in [-0.39, 0.29) is 23.2 Å². The number of halogens is 4. The maximum absolute atomic E-state index is 12.9. The van der Waals surface area contributed by atoms with Crippen molar-refractivity contribution in [1.29, 1.82) is 0 Å². The minimum Gasteiger partial charge on any atom is -0.404 e. The largest absolute Gasteiger partial charge is 0.573 e. The van der Waals surface area contributed by atoms with Gasteiger partial charge >= 0.3 is 6.36 Å². The SMILES string of the molecule is CC1Cc2cc(OC(F)(F)F)c(Cl)cc2C(c2ccc(N3CCC(O)CC3)cc2)=NN1C(=O)P. The van der Waals surface area contributed by atoms with Crippen molar-refractivity contribution in [2.24, 2.45) is 5.10 Å². The van der Waals surface area contributed by atoms with Crippen molar-refractivity contribution >= 4 is 37.9 Å². The van der Waals surface area contributed by atoms with Crippen LogP contribution in [0.15, 0.2) is 41.5 Å². The van der Waals surface area contributed by atoms with Crippen LogP contribution in [-0.2, 0) is 6.42 Å². The first-order chi connectivity index (χ1) is 16.0. The number of piperidine rings is 1. The number of carbonyl (C=O) groups is 1. The fraction of sp³-hybridized carbons (Fsp3) is 0.391. The third-order valence-electron chi connectivity index (χ3n) is 5.98. The summed E-state index contributed by atoms with van der Waals surface area (Å²) in [6.07, 6.45) is -3.49. The molecule has 34 heavy (non-hydrogen) atoms. The molecular weight excluding hydrogens is 490 g/mol. The molecule has 1 fully saturated rings. The fourth-order valence-electron chi connectivity index (χ4n) is 4.29. The minimum absolute atomic E-state index is 0.203. The molecule has 1 amide bonds. The Labute approximate surface area is 202 Å². The predicted molar refractivity (Wildman–Crippen MR) is 128 cm³/mol. The zero-order chi connectivity index (χ0) is 24.6. The van der Waals surface area contributed by atoms with Crippen LogP contribution < -0.4 is 9.64 Å². The van der Waals surface area contributed by atoms with E-state index >= 15 is 0 Å². The molecule has 2 aliphatic heterocycles. The molecule has 6 nitrogen and oxygen atoms in total. The molecule has 4 rings (SSSR count). The average Bonchev–Trinajstić information content (AvgIpc) is 2.90. The molecule has 2 heterocycles. The van der Waals surface area contributed by atoms with Gasteiger partial charge in [0.1, 0.15) is 5.75 Å². The summed E-state index contributed by atoms with van der Waals surface area (Å²) in [6.45, 7) is 3.26. The number of aliphatic hydroxyl groups excluding tert-OH is 1. The van der Waals surface area contributed by atoms with Crippen LogP contribution in [0.2, 0.25) is 5.02 Å². The molecule has 11 heteroatoms. The van der Waals surface area contributed by atoms with Gasteiger partial charge in [-0.1, -0.05) is 23.7 Å². The van der Waals surface area contributed by atoms with E-state index < -0.39 is 18.2 Å². The Morgan fingerprint density at radius 1 is 1.21 bits per heavy atom. The molecule has 0 aromatic heterocycles. The Morgan fingerprint density at radius 2 is 1.85 bits per heavy atom. The molecule has 2 atom stereocenters. The van der Waals surface area contributed by atoms with Gasteiger partial charge in [-0.25, -0.2) is 5.01 Å². The standard InChI is InChI=1S/C23H24ClF3N3O3P/c1-13-10-15-11-20(33-23(25,26)27)19(24)12-18(15)21(28-30(13)22(32)34)14-2-4-16(5-3-14)29-8-6-17(31)7-9-29/h2-5,11-13,17,31H,6-10,34H2,1H3. The zero-order valence-corrected chi connectivity index (χ0v) is 20.3. The highest BCUT2D eigenvalue weighted by atomic mass is 35.5. The van der Waals surface area contributed by atoms with Crippen molar-refractivity contribution in [3.63, 3.8) is 0 Å². The van der Waals surface area contributed by atoms with E-state index in [4.69, 9.17) is 11.6 Å². The van der Waals surface area contributed by atoms with Gasteiger partial charge in [0.2, 0.25) is 0 Å². The van der Waals surface area contributed by atoms with Gasteiger partial charge in [0.25, 0.3) is 5.65 Å². The highest BCUT2D eigenvalue weighted by Gasteiger charge is 2.34. The van der Waals surface area contributed by atoms with Crippen molar-refractivity contribution in [2.45, 2.75) is 44.7 Å². The average molecular weight is 514 g/mol. The van der Waals surface area contributed by atoms with Gasteiger partial charge in [-0.05, 0) is 65.3 Å². The lowest BCUT2D eigenvalue weighted by Crippen LogP contribution is -2.35. The van der Waals surface area contributed by atoms with E-state index in [9.17, 15) is 23.1 Å². The summed E-state index contributed by atoms with van der Waals surface area (Å²) in [4.78, 5) is 14.4. The summed E-state index contributed by atoms with van der Waals surface area (Å²) in [5, 5.41) is 15.4. The molecule has 1 saturated heterocycles. The van der Waals surface area contributed by atoms with Crippen LogP contribution >= 0.6 is 20.8 Å². The van der Waals surface area contributed by atoms with E-state index in [1.54, 1.807) is 6.92 Å². The van der Waals surface area contributed by atoms with Crippen LogP contribution in [0.1, 0.15) is 36.5 Å². The lowest BCUT2D eigenvalue weighted by atomic mass is 9.94. The molecule has 0 saturated carbocycles. The lowest BCUT2D eigenvalue weighted by Gasteiger charge is -2.31. The van der Waals surface area contributed by atoms with Gasteiger partial charge in [0.15, 0.2) is 0 Å². The maximum Gasteiger partial charge on any atom is 0.573 e. The Balaban J connectivity index is 1.74. The van der Waals surface area contributed by atoms with Crippen molar-refractivity contribution < 1.29 is 27.8 Å². The number of fused-ring (bicyclic) bond motifs is 1. The molecule has 1 N–H and O–H groups in total. The third-order valence-corrected chi connectivity index (χ3v) is 6.54. The fourth-order valence-corrected chi connectivity index (χ4v) is 4.80. The van der Waals surface area contributed by atoms with Crippen molar-refractivity contribution in [3.05, 3.63) is 58.1 Å². The van der Waals surface area contributed by atoms with E-state index in [1.165, 1.54) is 17.1 Å². The number of rotatable bonds is 3. The molecular formula is C23H24ClF3N3O3P. The molecule has 0 aliphatic carbocycles. The minimum atomic E-state index is -4.88. The number of benzene rings is 2. The van der Waals surface area contributed by atoms with Crippen molar-refractivity contribution in [1.82, 2.24) is 5.01 Å². The van der Waals surface area contributed by atoms with Crippen LogP contribution in [0.5, 0.6) is 5.75 Å². The number of anilines is 1. The predicted octanol–water partition coefficient (Wildman–Crippen LogP) is 5.19. The number of hydrogen-bond acceptors (Lipinski definition) is 5. The van der Waals surface area contributed by atoms with Gasteiger partial charge in [-0.3, -0.25) is 4.79 Å². The lowest BCUT2D eigenvalue weighted by molar-refractivity contribution is -0.274. The summed E-state index contributed by atoms with van der Waals surface area (Å²) in [5.41, 5.74) is 2.82. The van der Waals surface area contributed by atoms with E-state index in [0.29, 0.717) is 35.2 Å². The van der Waals surface area contributed by atoms with Gasteiger partial charge in [0, 0.05) is 29.9 Å². The first-order valence-electron chi connectivity index (χ1n) is 10.8. The number of carbonyl (C=O) groups excluding carboxylic acids is 1. The van der Waals surface area contributed by atoms with Gasteiger partial charge in [0.05, 0.1) is 22.9 Å². The highest BCUT2D eigenvalue weighted by Crippen LogP contribution is 2.36. The van der Waals surface area contributed by atoms with E-state index in [1.807, 2.05) is 24.3 Å². The molecule has 0 spiro atoms. The number of hydrazone groups is 1. The summed E-state index contributed by atoms with van der Waals surface area (Å²) in [6, 6.07) is 9.84. The second kappa shape index (κ2) is 9.72. The molecule has 2 aromatic rings. The Hall–Kier alpha value is -2.35. The molecule has 2 unspecified atom stereocenters. The Kier molecular flexibility index (Phi) is 7.08. The summed E-state index contributed by atoms with van der Waals surface area (Å²) in [7, 11) is 2.08. The number of ether oxygens (including phenoxy) is 1. The smallest absolute Gasteiger partial charge is 0.404 e. The molecule has 0 bridgehead atoms. The molecule has 2 aliphatic rings. The summed E-state index contributed by atoms with van der Waals surface area (Å²) < 4.78 is 42.7. The number of aliphatic hydroxyl groups is 1. The highest BCUT2D eigenvalue weighted by molar-refractivity contribution is 7.39. The second-order valence-electron chi connectivity index (χ2n) is 8.44. The summed E-state index contributed by atoms with van der Waals surface area (Å²) >= 11 is 6.16.